The van der Waals surface area contributed by atoms with Gasteiger partial charge in [-0.05, 0) is 23.1 Å². The lowest BCUT2D eigenvalue weighted by Gasteiger charge is -1.93. The minimum Gasteiger partial charge on any atom is -0.215 e. The summed E-state index contributed by atoms with van der Waals surface area (Å²) in [6, 6.07) is 0. The molecule has 0 aromatic rings. The third-order valence-corrected chi connectivity index (χ3v) is 2.95. The Balaban J connectivity index is 2.69. The summed E-state index contributed by atoms with van der Waals surface area (Å²) < 4.78 is 1.24. The molecule has 1 atom stereocenters. The molecule has 40 valence electrons. The number of thiol groups is 1. The van der Waals surface area contributed by atoms with Crippen molar-refractivity contribution in [3.8, 4) is 0 Å². The Morgan fingerprint density at radius 3 is 2.57 bits per heavy atom. The highest BCUT2D eigenvalue weighted by Gasteiger charge is 1.94. The normalized spacial score (nSPS) is 33.4. The van der Waals surface area contributed by atoms with Gasteiger partial charge in [-0.2, -0.15) is 0 Å². The molecule has 0 amide bonds. The Morgan fingerprint density at radius 2 is 2.43 bits per heavy atom. The fourth-order valence-corrected chi connectivity index (χ4v) is 2.73. The Hall–Kier alpha value is 0.310. The minimum absolute atomic E-state index is 0.106. The summed E-state index contributed by atoms with van der Waals surface area (Å²) >= 11 is 3.37. The maximum Gasteiger partial charge on any atom is 0.0228 e. The van der Waals surface area contributed by atoms with Gasteiger partial charge in [0.2, 0.25) is 0 Å². The Labute approximate surface area is 54.8 Å². The number of allylic oxidation sites excluding steroid dienone is 2. The maximum atomic E-state index is 3.37. The van der Waals surface area contributed by atoms with Crippen molar-refractivity contribution in [1.29, 1.82) is 0 Å². The summed E-state index contributed by atoms with van der Waals surface area (Å²) in [6.07, 6.45) is 4.33. The molecule has 0 saturated heterocycles. The molecule has 2 heteroatoms. The van der Waals surface area contributed by atoms with E-state index in [1.165, 1.54) is 4.48 Å². The van der Waals surface area contributed by atoms with Crippen LogP contribution in [0.3, 0.4) is 0 Å². The van der Waals surface area contributed by atoms with Crippen LogP contribution in [0.2, 0.25) is 0 Å². The van der Waals surface area contributed by atoms with Gasteiger partial charge in [-0.25, -0.2) is 10.9 Å². The van der Waals surface area contributed by atoms with Gasteiger partial charge >= 0.3 is 0 Å². The van der Waals surface area contributed by atoms with Gasteiger partial charge in [0, 0.05) is 4.48 Å². The Morgan fingerprint density at radius 1 is 1.71 bits per heavy atom. The highest BCUT2D eigenvalue weighted by atomic mass is 79.9. The smallest absolute Gasteiger partial charge is 0.0228 e. The van der Waals surface area contributed by atoms with E-state index in [9.17, 15) is 0 Å². The molecule has 0 nitrogen and oxygen atoms in total. The van der Waals surface area contributed by atoms with Gasteiger partial charge in [-0.15, -0.1) is 0 Å². The van der Waals surface area contributed by atoms with Crippen LogP contribution in [0.1, 0.15) is 0 Å². The van der Waals surface area contributed by atoms with Crippen molar-refractivity contribution >= 4 is 26.8 Å². The van der Waals surface area contributed by atoms with Gasteiger partial charge in [-0.3, -0.25) is 0 Å². The zero-order valence-electron chi connectivity index (χ0n) is 4.06. The van der Waals surface area contributed by atoms with Crippen molar-refractivity contribution in [2.45, 2.75) is 0 Å². The number of hydrogen-bond donors (Lipinski definition) is 1. The zero-order chi connectivity index (χ0) is 5.28. The van der Waals surface area contributed by atoms with Gasteiger partial charge in [0.15, 0.2) is 0 Å². The van der Waals surface area contributed by atoms with E-state index in [1.54, 1.807) is 0 Å². The summed E-state index contributed by atoms with van der Waals surface area (Å²) in [5, 5.41) is 4.45. The third kappa shape index (κ3) is 1.35. The Kier molecular flexibility index (Phi) is 1.60. The van der Waals surface area contributed by atoms with E-state index in [-0.39, 0.29) is 10.9 Å². The average molecular weight is 179 g/mol. The highest BCUT2D eigenvalue weighted by Crippen LogP contribution is 2.34. The van der Waals surface area contributed by atoms with Crippen LogP contribution in [0.25, 0.3) is 0 Å². The molecule has 0 saturated carbocycles. The predicted octanol–water partition coefficient (Wildman–Crippen LogP) is 2.38. The molecule has 1 unspecified atom stereocenters. The van der Waals surface area contributed by atoms with E-state index in [1.807, 2.05) is 0 Å². The lowest BCUT2D eigenvalue weighted by molar-refractivity contribution is 2.09. The molecule has 0 N–H and O–H groups in total. The summed E-state index contributed by atoms with van der Waals surface area (Å²) in [5.74, 6) is 0. The van der Waals surface area contributed by atoms with E-state index in [0.29, 0.717) is 0 Å². The van der Waals surface area contributed by atoms with Crippen LogP contribution in [0.15, 0.2) is 21.4 Å². The molecular weight excluding hydrogens is 172 g/mol. The van der Waals surface area contributed by atoms with Gasteiger partial charge in [0.25, 0.3) is 0 Å². The maximum absolute atomic E-state index is 3.37. The number of rotatable bonds is 0. The van der Waals surface area contributed by atoms with Gasteiger partial charge in [0.05, 0.1) is 0 Å². The second-order valence-corrected chi connectivity index (χ2v) is 4.30. The van der Waals surface area contributed by atoms with Crippen molar-refractivity contribution in [2.75, 3.05) is 6.26 Å². The first kappa shape index (κ1) is 5.45. The number of hydrogen-bond acceptors (Lipinski definition) is 0. The Bertz CT molecular complexity index is 126. The predicted molar refractivity (Wildman–Crippen MR) is 41.1 cm³/mol. The summed E-state index contributed by atoms with van der Waals surface area (Å²) in [6.45, 7) is 0. The molecule has 0 aromatic heterocycles. The van der Waals surface area contributed by atoms with E-state index in [2.05, 4.69) is 39.1 Å². The number of halogens is 1. The quantitative estimate of drug-likeness (QED) is 0.542. The van der Waals surface area contributed by atoms with Crippen molar-refractivity contribution in [3.05, 3.63) is 21.4 Å². The van der Waals surface area contributed by atoms with Crippen molar-refractivity contribution in [1.82, 2.24) is 0 Å². The fraction of sp³-hybridized carbons (Fsp3) is 0.200. The lowest BCUT2D eigenvalue weighted by Crippen LogP contribution is -1.51. The summed E-state index contributed by atoms with van der Waals surface area (Å²) in [5.41, 5.74) is 0. The largest absolute Gasteiger partial charge is 0.215 e. The van der Waals surface area contributed by atoms with Crippen molar-refractivity contribution in [2.24, 2.45) is 0 Å². The van der Waals surface area contributed by atoms with Gasteiger partial charge in [-0.1, -0.05) is 15.9 Å². The molecule has 0 aliphatic carbocycles. The molecule has 0 bridgehead atoms. The topological polar surface area (TPSA) is 0 Å². The minimum atomic E-state index is 0.106. The first-order valence-electron chi connectivity index (χ1n) is 2.06. The third-order valence-electron chi connectivity index (χ3n) is 0.796. The summed E-state index contributed by atoms with van der Waals surface area (Å²) in [4.78, 5) is 0. The first-order valence-corrected chi connectivity index (χ1v) is 4.78. The van der Waals surface area contributed by atoms with Crippen LogP contribution in [-0.2, 0) is 0 Å². The van der Waals surface area contributed by atoms with Crippen LogP contribution >= 0.6 is 26.8 Å². The van der Waals surface area contributed by atoms with Crippen LogP contribution in [0, 0.1) is 0 Å². The second-order valence-electron chi connectivity index (χ2n) is 1.50. The van der Waals surface area contributed by atoms with Crippen LogP contribution in [0.5, 0.6) is 0 Å². The molecule has 0 fully saturated rings. The van der Waals surface area contributed by atoms with E-state index < -0.39 is 0 Å². The average Bonchev–Trinajstić information content (AvgIpc) is 1.87. The van der Waals surface area contributed by atoms with Gasteiger partial charge in [0.1, 0.15) is 0 Å². The SMILES string of the molecule is C[SH]1C=CC(Br)=C1. The molecule has 0 radical (unpaired) electrons. The molecular formula is C5H7BrS. The van der Waals surface area contributed by atoms with Crippen molar-refractivity contribution < 1.29 is 0 Å². The first-order chi connectivity index (χ1) is 3.29. The fourth-order valence-electron chi connectivity index (χ4n) is 0.469. The summed E-state index contributed by atoms with van der Waals surface area (Å²) in [7, 11) is 0.106. The van der Waals surface area contributed by atoms with Crippen LogP contribution < -0.4 is 0 Å². The molecule has 0 spiro atoms. The molecule has 1 aliphatic heterocycles. The lowest BCUT2D eigenvalue weighted by atomic mass is 10.6. The monoisotopic (exact) mass is 178 g/mol. The van der Waals surface area contributed by atoms with E-state index in [0.717, 1.165) is 0 Å². The van der Waals surface area contributed by atoms with Crippen molar-refractivity contribution in [3.63, 3.8) is 0 Å². The second kappa shape index (κ2) is 2.05. The molecule has 1 heterocycles. The van der Waals surface area contributed by atoms with Gasteiger partial charge < -0.3 is 0 Å². The highest BCUT2D eigenvalue weighted by molar-refractivity contribution is 9.12. The molecule has 7 heavy (non-hydrogen) atoms. The van der Waals surface area contributed by atoms with E-state index >= 15 is 0 Å². The van der Waals surface area contributed by atoms with E-state index in [4.69, 9.17) is 0 Å². The standard InChI is InChI=1S/C5H7BrS/c1-7-3-2-5(6)4-7/h2-4,7H,1H3. The van der Waals surface area contributed by atoms with Crippen LogP contribution in [0.4, 0.5) is 0 Å². The molecule has 1 aliphatic rings. The molecule has 0 aromatic carbocycles. The van der Waals surface area contributed by atoms with Crippen LogP contribution in [-0.4, -0.2) is 6.26 Å². The zero-order valence-corrected chi connectivity index (χ0v) is 6.54. The molecule has 1 rings (SSSR count).